The van der Waals surface area contributed by atoms with Gasteiger partial charge in [-0.25, -0.2) is 9.50 Å². The third-order valence-electron chi connectivity index (χ3n) is 2.43. The van der Waals surface area contributed by atoms with Crippen molar-refractivity contribution in [2.75, 3.05) is 0 Å². The number of halogens is 1. The van der Waals surface area contributed by atoms with Gasteiger partial charge in [-0.3, -0.25) is 0 Å². The van der Waals surface area contributed by atoms with Gasteiger partial charge in [0.2, 0.25) is 0 Å². The molecule has 2 heterocycles. The molecule has 84 valence electrons. The lowest BCUT2D eigenvalue weighted by Crippen LogP contribution is -1.85. The largest absolute Gasteiger partial charge is 0.508 e. The summed E-state index contributed by atoms with van der Waals surface area (Å²) in [6.07, 6.45) is 1.76. The van der Waals surface area contributed by atoms with E-state index in [0.717, 1.165) is 5.56 Å². The van der Waals surface area contributed by atoms with Gasteiger partial charge in [-0.2, -0.15) is 0 Å². The molecule has 1 N–H and O–H groups in total. The summed E-state index contributed by atoms with van der Waals surface area (Å²) in [6, 6.07) is 10.3. The second kappa shape index (κ2) is 3.75. The molecule has 3 aromatic rings. The molecule has 0 unspecified atom stereocenters. The minimum absolute atomic E-state index is 0.223. The van der Waals surface area contributed by atoms with Crippen LogP contribution >= 0.6 is 11.6 Å². The van der Waals surface area contributed by atoms with Gasteiger partial charge in [0.05, 0.1) is 0 Å². The van der Waals surface area contributed by atoms with Crippen molar-refractivity contribution in [3.05, 3.63) is 47.6 Å². The molecular weight excluding hydrogens is 238 g/mol. The van der Waals surface area contributed by atoms with Crippen LogP contribution in [0.3, 0.4) is 0 Å². The van der Waals surface area contributed by atoms with E-state index in [1.165, 1.54) is 0 Å². The zero-order chi connectivity index (χ0) is 11.8. The van der Waals surface area contributed by atoms with Crippen molar-refractivity contribution in [2.24, 2.45) is 0 Å². The molecule has 0 fully saturated rings. The predicted octanol–water partition coefficient (Wildman–Crippen LogP) is 2.76. The van der Waals surface area contributed by atoms with Crippen LogP contribution in [-0.2, 0) is 0 Å². The fourth-order valence-corrected chi connectivity index (χ4v) is 1.74. The third kappa shape index (κ3) is 1.83. The maximum Gasteiger partial charge on any atom is 0.182 e. The quantitative estimate of drug-likeness (QED) is 0.717. The van der Waals surface area contributed by atoms with E-state index < -0.39 is 0 Å². The molecule has 3 rings (SSSR count). The SMILES string of the molecule is Oc1ccc(-c2nc3cc(Cl)ccn3n2)cc1. The van der Waals surface area contributed by atoms with E-state index in [2.05, 4.69) is 10.1 Å². The van der Waals surface area contributed by atoms with E-state index >= 15 is 0 Å². The maximum absolute atomic E-state index is 9.22. The Morgan fingerprint density at radius 1 is 1.12 bits per heavy atom. The van der Waals surface area contributed by atoms with Gasteiger partial charge in [-0.05, 0) is 30.3 Å². The molecule has 0 radical (unpaired) electrons. The van der Waals surface area contributed by atoms with E-state index in [1.54, 1.807) is 47.1 Å². The van der Waals surface area contributed by atoms with Crippen molar-refractivity contribution in [2.45, 2.75) is 0 Å². The summed E-state index contributed by atoms with van der Waals surface area (Å²) in [5.41, 5.74) is 1.54. The van der Waals surface area contributed by atoms with Crippen LogP contribution in [0.1, 0.15) is 0 Å². The molecule has 0 atom stereocenters. The third-order valence-corrected chi connectivity index (χ3v) is 2.66. The lowest BCUT2D eigenvalue weighted by molar-refractivity contribution is 0.475. The number of hydrogen-bond acceptors (Lipinski definition) is 3. The van der Waals surface area contributed by atoms with E-state index in [0.29, 0.717) is 16.5 Å². The van der Waals surface area contributed by atoms with E-state index in [-0.39, 0.29) is 5.75 Å². The summed E-state index contributed by atoms with van der Waals surface area (Å²) in [6.45, 7) is 0. The molecule has 0 bridgehead atoms. The van der Waals surface area contributed by atoms with Crippen molar-refractivity contribution in [1.29, 1.82) is 0 Å². The second-order valence-corrected chi connectivity index (χ2v) is 4.07. The molecule has 2 aromatic heterocycles. The zero-order valence-corrected chi connectivity index (χ0v) is 9.46. The van der Waals surface area contributed by atoms with E-state index in [4.69, 9.17) is 11.6 Å². The Morgan fingerprint density at radius 2 is 1.88 bits per heavy atom. The first-order valence-electron chi connectivity index (χ1n) is 5.04. The molecule has 17 heavy (non-hydrogen) atoms. The van der Waals surface area contributed by atoms with Gasteiger partial charge < -0.3 is 5.11 Å². The van der Waals surface area contributed by atoms with Crippen LogP contribution in [-0.4, -0.2) is 19.7 Å². The minimum atomic E-state index is 0.223. The van der Waals surface area contributed by atoms with Crippen molar-refractivity contribution in [1.82, 2.24) is 14.6 Å². The van der Waals surface area contributed by atoms with Crippen LogP contribution in [0.15, 0.2) is 42.6 Å². The fourth-order valence-electron chi connectivity index (χ4n) is 1.59. The number of aromatic hydroxyl groups is 1. The Balaban J connectivity index is 2.14. The molecule has 0 amide bonds. The highest BCUT2D eigenvalue weighted by Crippen LogP contribution is 2.20. The van der Waals surface area contributed by atoms with Crippen molar-refractivity contribution in [3.63, 3.8) is 0 Å². The van der Waals surface area contributed by atoms with Gasteiger partial charge in [-0.15, -0.1) is 5.10 Å². The number of rotatable bonds is 1. The van der Waals surface area contributed by atoms with Gasteiger partial charge in [0.1, 0.15) is 5.75 Å². The smallest absolute Gasteiger partial charge is 0.182 e. The fraction of sp³-hybridized carbons (Fsp3) is 0. The number of fused-ring (bicyclic) bond motifs is 1. The summed E-state index contributed by atoms with van der Waals surface area (Å²) < 4.78 is 1.66. The van der Waals surface area contributed by atoms with Crippen molar-refractivity contribution in [3.8, 4) is 17.1 Å². The monoisotopic (exact) mass is 245 g/mol. The Labute approximate surface area is 102 Å². The number of nitrogens with zero attached hydrogens (tertiary/aromatic N) is 3. The zero-order valence-electron chi connectivity index (χ0n) is 8.71. The Hall–Kier alpha value is -2.07. The molecule has 0 saturated heterocycles. The molecule has 0 saturated carbocycles. The highest BCUT2D eigenvalue weighted by molar-refractivity contribution is 6.30. The molecule has 0 aliphatic rings. The van der Waals surface area contributed by atoms with E-state index in [9.17, 15) is 5.11 Å². The molecule has 1 aromatic carbocycles. The number of hydrogen-bond donors (Lipinski definition) is 1. The normalized spacial score (nSPS) is 10.9. The van der Waals surface area contributed by atoms with Gasteiger partial charge >= 0.3 is 0 Å². The van der Waals surface area contributed by atoms with Gasteiger partial charge in [0, 0.05) is 22.8 Å². The lowest BCUT2D eigenvalue weighted by atomic mass is 10.2. The Kier molecular flexibility index (Phi) is 2.23. The Morgan fingerprint density at radius 3 is 2.65 bits per heavy atom. The summed E-state index contributed by atoms with van der Waals surface area (Å²) in [5, 5.41) is 14.2. The topological polar surface area (TPSA) is 50.4 Å². The number of benzene rings is 1. The van der Waals surface area contributed by atoms with Crippen LogP contribution in [0, 0.1) is 0 Å². The molecule has 0 aliphatic heterocycles. The number of phenols is 1. The molecule has 4 nitrogen and oxygen atoms in total. The minimum Gasteiger partial charge on any atom is -0.508 e. The number of phenolic OH excluding ortho intramolecular Hbond substituents is 1. The summed E-state index contributed by atoms with van der Waals surface area (Å²) >= 11 is 5.88. The first kappa shape index (κ1) is 10.1. The summed E-state index contributed by atoms with van der Waals surface area (Å²) in [7, 11) is 0. The average Bonchev–Trinajstić information content (AvgIpc) is 2.72. The second-order valence-electron chi connectivity index (χ2n) is 3.63. The maximum atomic E-state index is 9.22. The molecule has 0 aliphatic carbocycles. The molecule has 0 spiro atoms. The van der Waals surface area contributed by atoms with Crippen LogP contribution in [0.2, 0.25) is 5.02 Å². The van der Waals surface area contributed by atoms with Gasteiger partial charge in [0.15, 0.2) is 11.5 Å². The predicted molar refractivity (Wildman–Crippen MR) is 65.1 cm³/mol. The van der Waals surface area contributed by atoms with Crippen molar-refractivity contribution >= 4 is 17.2 Å². The van der Waals surface area contributed by atoms with E-state index in [1.807, 2.05) is 0 Å². The first-order chi connectivity index (χ1) is 8.22. The first-order valence-corrected chi connectivity index (χ1v) is 5.41. The summed E-state index contributed by atoms with van der Waals surface area (Å²) in [5.74, 6) is 0.827. The summed E-state index contributed by atoms with van der Waals surface area (Å²) in [4.78, 5) is 4.36. The van der Waals surface area contributed by atoms with Gasteiger partial charge in [0.25, 0.3) is 0 Å². The van der Waals surface area contributed by atoms with Crippen LogP contribution in [0.5, 0.6) is 5.75 Å². The van der Waals surface area contributed by atoms with Crippen LogP contribution < -0.4 is 0 Å². The number of aromatic nitrogens is 3. The standard InChI is InChI=1S/C12H8ClN3O/c13-9-5-6-16-11(7-9)14-12(15-16)8-1-3-10(17)4-2-8/h1-7,17H. The Bertz CT molecular complexity index is 676. The highest BCUT2D eigenvalue weighted by Gasteiger charge is 2.06. The molecule has 5 heteroatoms. The molecular formula is C12H8ClN3O. The average molecular weight is 246 g/mol. The van der Waals surface area contributed by atoms with Crippen LogP contribution in [0.4, 0.5) is 0 Å². The van der Waals surface area contributed by atoms with Crippen LogP contribution in [0.25, 0.3) is 17.0 Å². The van der Waals surface area contributed by atoms with Gasteiger partial charge in [-0.1, -0.05) is 11.6 Å². The lowest BCUT2D eigenvalue weighted by Gasteiger charge is -1.94. The number of pyridine rings is 1. The highest BCUT2D eigenvalue weighted by atomic mass is 35.5. The van der Waals surface area contributed by atoms with Crippen molar-refractivity contribution < 1.29 is 5.11 Å².